The van der Waals surface area contributed by atoms with Crippen LogP contribution in [0.5, 0.6) is 5.75 Å². The smallest absolute Gasteiger partial charge is 0.237 e. The molecule has 2 rings (SSSR count). The van der Waals surface area contributed by atoms with Gasteiger partial charge >= 0.3 is 0 Å². The van der Waals surface area contributed by atoms with E-state index in [4.69, 9.17) is 0 Å². The number of benzene rings is 1. The number of rotatable bonds is 2. The summed E-state index contributed by atoms with van der Waals surface area (Å²) in [5.41, 5.74) is 2.49. The summed E-state index contributed by atoms with van der Waals surface area (Å²) >= 11 is 1.74. The zero-order chi connectivity index (χ0) is 13.1. The molecule has 1 unspecified atom stereocenters. The topological polar surface area (TPSA) is 49.3 Å². The van der Waals surface area contributed by atoms with Crippen LogP contribution in [0.4, 0.5) is 5.69 Å². The molecule has 1 aromatic carbocycles. The van der Waals surface area contributed by atoms with Crippen molar-refractivity contribution in [3.05, 3.63) is 23.3 Å². The molecule has 1 aliphatic rings. The molecule has 1 amide bonds. The van der Waals surface area contributed by atoms with Gasteiger partial charge in [-0.15, -0.1) is 11.8 Å². The fourth-order valence-electron chi connectivity index (χ4n) is 2.10. The predicted octanol–water partition coefficient (Wildman–Crippen LogP) is 3.23. The van der Waals surface area contributed by atoms with Crippen molar-refractivity contribution in [3.8, 4) is 5.75 Å². The number of phenols is 1. The van der Waals surface area contributed by atoms with Crippen molar-refractivity contribution in [2.75, 3.05) is 11.1 Å². The SMILES string of the molecule is Cc1cc(NC(=O)C2CCCCS2)c(C)cc1O. The molecule has 2 N–H and O–H groups in total. The summed E-state index contributed by atoms with van der Waals surface area (Å²) in [5, 5.41) is 12.6. The van der Waals surface area contributed by atoms with Crippen molar-refractivity contribution in [1.29, 1.82) is 0 Å². The summed E-state index contributed by atoms with van der Waals surface area (Å²) in [4.78, 5) is 12.1. The first-order chi connectivity index (χ1) is 8.58. The number of hydrogen-bond acceptors (Lipinski definition) is 3. The van der Waals surface area contributed by atoms with Crippen LogP contribution in [-0.2, 0) is 4.79 Å². The minimum absolute atomic E-state index is 0.0762. The lowest BCUT2D eigenvalue weighted by molar-refractivity contribution is -0.115. The van der Waals surface area contributed by atoms with Crippen LogP contribution in [-0.4, -0.2) is 22.0 Å². The summed E-state index contributed by atoms with van der Waals surface area (Å²) in [7, 11) is 0. The van der Waals surface area contributed by atoms with Crippen molar-refractivity contribution < 1.29 is 9.90 Å². The molecule has 4 heteroatoms. The average molecular weight is 265 g/mol. The molecular weight excluding hydrogens is 246 g/mol. The molecule has 98 valence electrons. The first-order valence-corrected chi connectivity index (χ1v) is 7.35. The van der Waals surface area contributed by atoms with Gasteiger partial charge in [0.2, 0.25) is 5.91 Å². The van der Waals surface area contributed by atoms with E-state index < -0.39 is 0 Å². The molecule has 0 saturated carbocycles. The summed E-state index contributed by atoms with van der Waals surface area (Å²) in [6.07, 6.45) is 3.32. The van der Waals surface area contributed by atoms with Crippen LogP contribution in [0, 0.1) is 13.8 Å². The molecule has 3 nitrogen and oxygen atoms in total. The number of aromatic hydroxyl groups is 1. The molecule has 1 aliphatic heterocycles. The molecule has 1 aromatic rings. The quantitative estimate of drug-likeness (QED) is 0.807. The number of nitrogens with one attached hydrogen (secondary N) is 1. The highest BCUT2D eigenvalue weighted by Crippen LogP contribution is 2.28. The molecular formula is C14H19NO2S. The summed E-state index contributed by atoms with van der Waals surface area (Å²) in [6, 6.07) is 3.52. The van der Waals surface area contributed by atoms with E-state index in [1.807, 2.05) is 19.9 Å². The van der Waals surface area contributed by atoms with Crippen LogP contribution in [0.3, 0.4) is 0 Å². The normalized spacial score (nSPS) is 19.6. The van der Waals surface area contributed by atoms with E-state index >= 15 is 0 Å². The van der Waals surface area contributed by atoms with Gasteiger partial charge in [0.1, 0.15) is 5.75 Å². The minimum atomic E-state index is 0.0762. The van der Waals surface area contributed by atoms with Gasteiger partial charge in [0.15, 0.2) is 0 Å². The summed E-state index contributed by atoms with van der Waals surface area (Å²) in [6.45, 7) is 3.72. The highest BCUT2D eigenvalue weighted by molar-refractivity contribution is 8.00. The van der Waals surface area contributed by atoms with Crippen LogP contribution in [0.2, 0.25) is 0 Å². The molecule has 1 saturated heterocycles. The van der Waals surface area contributed by atoms with Crippen molar-refractivity contribution in [1.82, 2.24) is 0 Å². The fourth-order valence-corrected chi connectivity index (χ4v) is 3.30. The Balaban J connectivity index is 2.08. The number of carbonyl (C=O) groups is 1. The van der Waals surface area contributed by atoms with Gasteiger partial charge in [0, 0.05) is 5.69 Å². The monoisotopic (exact) mass is 265 g/mol. The average Bonchev–Trinajstić information content (AvgIpc) is 2.37. The van der Waals surface area contributed by atoms with E-state index in [2.05, 4.69) is 5.32 Å². The van der Waals surface area contributed by atoms with Gasteiger partial charge in [-0.25, -0.2) is 0 Å². The van der Waals surface area contributed by atoms with Gasteiger partial charge in [-0.3, -0.25) is 4.79 Å². The maximum absolute atomic E-state index is 12.1. The van der Waals surface area contributed by atoms with E-state index in [1.54, 1.807) is 17.8 Å². The minimum Gasteiger partial charge on any atom is -0.508 e. The van der Waals surface area contributed by atoms with E-state index in [0.717, 1.165) is 35.4 Å². The lowest BCUT2D eigenvalue weighted by atomic mass is 10.1. The van der Waals surface area contributed by atoms with Crippen LogP contribution in [0.25, 0.3) is 0 Å². The molecule has 0 aromatic heterocycles. The summed E-state index contributed by atoms with van der Waals surface area (Å²) in [5.74, 6) is 1.44. The fraction of sp³-hybridized carbons (Fsp3) is 0.500. The van der Waals surface area contributed by atoms with Gasteiger partial charge in [-0.1, -0.05) is 6.42 Å². The van der Waals surface area contributed by atoms with Crippen molar-refractivity contribution in [2.24, 2.45) is 0 Å². The largest absolute Gasteiger partial charge is 0.508 e. The Hall–Kier alpha value is -1.16. The molecule has 0 aliphatic carbocycles. The van der Waals surface area contributed by atoms with Crippen molar-refractivity contribution >= 4 is 23.4 Å². The molecule has 1 fully saturated rings. The van der Waals surface area contributed by atoms with Gasteiger partial charge in [0.05, 0.1) is 5.25 Å². The van der Waals surface area contributed by atoms with Gasteiger partial charge in [-0.2, -0.15) is 0 Å². The Kier molecular flexibility index (Phi) is 4.17. The number of aryl methyl sites for hydroxylation is 2. The summed E-state index contributed by atoms with van der Waals surface area (Å²) < 4.78 is 0. The Morgan fingerprint density at radius 1 is 1.33 bits per heavy atom. The predicted molar refractivity (Wildman–Crippen MR) is 76.3 cm³/mol. The molecule has 18 heavy (non-hydrogen) atoms. The highest BCUT2D eigenvalue weighted by Gasteiger charge is 2.22. The van der Waals surface area contributed by atoms with E-state index in [1.165, 1.54) is 6.42 Å². The maximum Gasteiger partial charge on any atom is 0.237 e. The van der Waals surface area contributed by atoms with Gasteiger partial charge < -0.3 is 10.4 Å². The third-order valence-electron chi connectivity index (χ3n) is 3.27. The molecule has 0 radical (unpaired) electrons. The first kappa shape index (κ1) is 13.3. The second-order valence-electron chi connectivity index (χ2n) is 4.80. The van der Waals surface area contributed by atoms with Crippen LogP contribution in [0.1, 0.15) is 30.4 Å². The molecule has 0 bridgehead atoms. The van der Waals surface area contributed by atoms with Gasteiger partial charge in [0.25, 0.3) is 0 Å². The van der Waals surface area contributed by atoms with E-state index in [9.17, 15) is 9.90 Å². The van der Waals surface area contributed by atoms with Gasteiger partial charge in [-0.05, 0) is 55.7 Å². The van der Waals surface area contributed by atoms with Crippen LogP contribution in [0.15, 0.2) is 12.1 Å². The second kappa shape index (κ2) is 5.65. The standard InChI is InChI=1S/C14H19NO2S/c1-9-8-12(16)10(2)7-11(9)15-14(17)13-5-3-4-6-18-13/h7-8,13,16H,3-6H2,1-2H3,(H,15,17). The molecule has 1 atom stereocenters. The molecule has 1 heterocycles. The number of anilines is 1. The van der Waals surface area contributed by atoms with E-state index in [-0.39, 0.29) is 16.9 Å². The number of carbonyl (C=O) groups excluding carboxylic acids is 1. The highest BCUT2D eigenvalue weighted by atomic mass is 32.2. The number of phenolic OH excluding ortho intramolecular Hbond substituents is 1. The lowest BCUT2D eigenvalue weighted by Gasteiger charge is -2.21. The van der Waals surface area contributed by atoms with Crippen LogP contribution < -0.4 is 5.32 Å². The second-order valence-corrected chi connectivity index (χ2v) is 6.11. The zero-order valence-corrected chi connectivity index (χ0v) is 11.6. The molecule has 0 spiro atoms. The maximum atomic E-state index is 12.1. The van der Waals surface area contributed by atoms with Crippen LogP contribution >= 0.6 is 11.8 Å². The Morgan fingerprint density at radius 2 is 2.11 bits per heavy atom. The number of amides is 1. The van der Waals surface area contributed by atoms with E-state index in [0.29, 0.717) is 0 Å². The van der Waals surface area contributed by atoms with Crippen molar-refractivity contribution in [2.45, 2.75) is 38.4 Å². The lowest BCUT2D eigenvalue weighted by Crippen LogP contribution is -2.27. The third kappa shape index (κ3) is 2.99. The first-order valence-electron chi connectivity index (χ1n) is 6.30. The number of thioether (sulfide) groups is 1. The Bertz CT molecular complexity index is 453. The third-order valence-corrected chi connectivity index (χ3v) is 4.65. The zero-order valence-electron chi connectivity index (χ0n) is 10.8. The van der Waals surface area contributed by atoms with Crippen molar-refractivity contribution in [3.63, 3.8) is 0 Å². The number of hydrogen-bond donors (Lipinski definition) is 2. The Labute approximate surface area is 112 Å². The Morgan fingerprint density at radius 3 is 2.78 bits per heavy atom.